The first-order valence-corrected chi connectivity index (χ1v) is 13.4. The highest BCUT2D eigenvalue weighted by Crippen LogP contribution is 2.36. The van der Waals surface area contributed by atoms with E-state index in [0.29, 0.717) is 11.8 Å². The van der Waals surface area contributed by atoms with Crippen molar-refractivity contribution in [3.63, 3.8) is 0 Å². The maximum Gasteiger partial charge on any atom is 0.226 e. The predicted octanol–water partition coefficient (Wildman–Crippen LogP) is 6.35. The maximum atomic E-state index is 13.7. The van der Waals surface area contributed by atoms with Crippen LogP contribution in [0.2, 0.25) is 0 Å². The summed E-state index contributed by atoms with van der Waals surface area (Å²) in [5.41, 5.74) is 4.36. The highest BCUT2D eigenvalue weighted by atomic mass is 16.2. The number of nitrogens with zero attached hydrogens (tertiary/aromatic N) is 2. The monoisotopic (exact) mass is 444 g/mol. The molecule has 2 aliphatic heterocycles. The highest BCUT2D eigenvalue weighted by molar-refractivity contribution is 5.79. The van der Waals surface area contributed by atoms with Gasteiger partial charge in [0, 0.05) is 19.0 Å². The summed E-state index contributed by atoms with van der Waals surface area (Å²) in [5.74, 6) is 1.40. The number of benzene rings is 2. The highest BCUT2D eigenvalue weighted by Gasteiger charge is 2.34. The van der Waals surface area contributed by atoms with E-state index >= 15 is 0 Å². The lowest BCUT2D eigenvalue weighted by Gasteiger charge is -2.41. The molecule has 3 aliphatic rings. The zero-order valence-electron chi connectivity index (χ0n) is 20.1. The number of likely N-dealkylation sites (tertiary alicyclic amines) is 1. The molecule has 1 atom stereocenters. The van der Waals surface area contributed by atoms with Crippen molar-refractivity contribution in [1.82, 2.24) is 9.80 Å². The summed E-state index contributed by atoms with van der Waals surface area (Å²) in [5, 5.41) is 0. The Kier molecular flexibility index (Phi) is 7.46. The Labute approximate surface area is 200 Å². The largest absolute Gasteiger partial charge is 0.335 e. The van der Waals surface area contributed by atoms with Crippen molar-refractivity contribution in [3.8, 4) is 0 Å². The second-order valence-electron chi connectivity index (χ2n) is 10.5. The first-order valence-electron chi connectivity index (χ1n) is 13.4. The second-order valence-corrected chi connectivity index (χ2v) is 10.5. The fourth-order valence-corrected chi connectivity index (χ4v) is 6.51. The van der Waals surface area contributed by atoms with Gasteiger partial charge in [0.05, 0.1) is 6.04 Å². The van der Waals surface area contributed by atoms with Crippen LogP contribution in [-0.2, 0) is 11.2 Å². The first-order chi connectivity index (χ1) is 16.3. The van der Waals surface area contributed by atoms with E-state index in [0.717, 1.165) is 38.8 Å². The Morgan fingerprint density at radius 3 is 2.24 bits per heavy atom. The van der Waals surface area contributed by atoms with Gasteiger partial charge < -0.3 is 9.80 Å². The first kappa shape index (κ1) is 22.7. The van der Waals surface area contributed by atoms with Crippen LogP contribution >= 0.6 is 0 Å². The number of hydrogen-bond donors (Lipinski definition) is 0. The number of carbonyl (C=O) groups excluding carboxylic acids is 1. The van der Waals surface area contributed by atoms with Crippen LogP contribution in [0.25, 0.3) is 0 Å². The zero-order chi connectivity index (χ0) is 22.5. The van der Waals surface area contributed by atoms with E-state index in [-0.39, 0.29) is 12.0 Å². The molecule has 1 saturated heterocycles. The number of rotatable bonds is 5. The molecule has 1 aliphatic carbocycles. The Morgan fingerprint density at radius 1 is 0.788 bits per heavy atom. The fourth-order valence-electron chi connectivity index (χ4n) is 6.51. The number of carbonyl (C=O) groups is 1. The van der Waals surface area contributed by atoms with Crippen LogP contribution in [0, 0.1) is 5.92 Å². The minimum atomic E-state index is 0.248. The van der Waals surface area contributed by atoms with E-state index in [1.165, 1.54) is 68.3 Å². The molecular weight excluding hydrogens is 404 g/mol. The van der Waals surface area contributed by atoms with Gasteiger partial charge in [0.2, 0.25) is 5.91 Å². The normalized spacial score (nSPS) is 23.2. The van der Waals surface area contributed by atoms with Crippen molar-refractivity contribution >= 4 is 5.91 Å². The topological polar surface area (TPSA) is 23.6 Å². The molecule has 1 saturated carbocycles. The van der Waals surface area contributed by atoms with Crippen LogP contribution in [0.1, 0.15) is 86.4 Å². The predicted molar refractivity (Wildman–Crippen MR) is 135 cm³/mol. The quantitative estimate of drug-likeness (QED) is 0.502. The zero-order valence-corrected chi connectivity index (χ0v) is 20.1. The van der Waals surface area contributed by atoms with Gasteiger partial charge in [-0.2, -0.15) is 0 Å². The molecule has 2 aromatic rings. The van der Waals surface area contributed by atoms with Crippen LogP contribution in [0.15, 0.2) is 54.6 Å². The summed E-state index contributed by atoms with van der Waals surface area (Å²) in [6.45, 7) is 4.33. The molecule has 0 aromatic heterocycles. The van der Waals surface area contributed by atoms with Gasteiger partial charge in [0.25, 0.3) is 0 Å². The van der Waals surface area contributed by atoms with Crippen LogP contribution in [0.3, 0.4) is 0 Å². The maximum absolute atomic E-state index is 13.7. The molecule has 3 nitrogen and oxygen atoms in total. The third-order valence-electron chi connectivity index (χ3n) is 8.48. The molecule has 0 radical (unpaired) electrons. The van der Waals surface area contributed by atoms with Gasteiger partial charge in [-0.1, -0.05) is 80.3 Å². The molecule has 0 bridgehead atoms. The molecule has 33 heavy (non-hydrogen) atoms. The summed E-state index contributed by atoms with van der Waals surface area (Å²) >= 11 is 0. The molecule has 176 valence electrons. The fraction of sp³-hybridized carbons (Fsp3) is 0.567. The Balaban J connectivity index is 1.24. The average Bonchev–Trinajstić information content (AvgIpc) is 3.17. The van der Waals surface area contributed by atoms with Gasteiger partial charge in [0.15, 0.2) is 0 Å². The van der Waals surface area contributed by atoms with Crippen LogP contribution in [0.4, 0.5) is 0 Å². The standard InChI is InChI=1S/C30H40N2O/c33-30(27-13-4-1-2-5-14-27)32-23-18-26-12-8-9-15-28(26)29(32)19-22-31-20-16-25(17-21-31)24-10-6-3-7-11-24/h3,6-12,15,25,27,29H,1-2,4-5,13-14,16-23H2. The number of piperidine rings is 1. The molecule has 5 rings (SSSR count). The number of hydrogen-bond acceptors (Lipinski definition) is 2. The van der Waals surface area contributed by atoms with Crippen molar-refractivity contribution in [1.29, 1.82) is 0 Å². The van der Waals surface area contributed by atoms with Gasteiger partial charge in [-0.3, -0.25) is 4.79 Å². The smallest absolute Gasteiger partial charge is 0.226 e. The van der Waals surface area contributed by atoms with Crippen molar-refractivity contribution in [2.45, 2.75) is 76.2 Å². The van der Waals surface area contributed by atoms with E-state index in [1.54, 1.807) is 0 Å². The minimum absolute atomic E-state index is 0.248. The van der Waals surface area contributed by atoms with Gasteiger partial charge in [-0.25, -0.2) is 0 Å². The van der Waals surface area contributed by atoms with Gasteiger partial charge in [-0.05, 0) is 74.2 Å². The van der Waals surface area contributed by atoms with Gasteiger partial charge >= 0.3 is 0 Å². The van der Waals surface area contributed by atoms with Gasteiger partial charge in [0.1, 0.15) is 0 Å². The summed E-state index contributed by atoms with van der Waals surface area (Å²) in [6, 6.07) is 20.2. The van der Waals surface area contributed by atoms with Gasteiger partial charge in [-0.15, -0.1) is 0 Å². The molecule has 0 N–H and O–H groups in total. The van der Waals surface area contributed by atoms with Crippen LogP contribution in [-0.4, -0.2) is 41.9 Å². The summed E-state index contributed by atoms with van der Waals surface area (Å²) in [4.78, 5) is 18.6. The molecule has 2 heterocycles. The molecular formula is C30H40N2O. The molecule has 2 aromatic carbocycles. The van der Waals surface area contributed by atoms with Crippen molar-refractivity contribution in [3.05, 3.63) is 71.3 Å². The molecule has 1 unspecified atom stereocenters. The number of fused-ring (bicyclic) bond motifs is 1. The number of amides is 1. The van der Waals surface area contributed by atoms with Crippen molar-refractivity contribution in [2.75, 3.05) is 26.2 Å². The summed E-state index contributed by atoms with van der Waals surface area (Å²) < 4.78 is 0. The molecule has 1 amide bonds. The van der Waals surface area contributed by atoms with Crippen molar-refractivity contribution in [2.24, 2.45) is 5.92 Å². The van der Waals surface area contributed by atoms with E-state index in [2.05, 4.69) is 64.4 Å². The summed E-state index contributed by atoms with van der Waals surface area (Å²) in [7, 11) is 0. The lowest BCUT2D eigenvalue weighted by Crippen LogP contribution is -2.44. The summed E-state index contributed by atoms with van der Waals surface area (Å²) in [6.07, 6.45) is 11.8. The molecule has 2 fully saturated rings. The second kappa shape index (κ2) is 10.9. The Bertz CT molecular complexity index is 895. The SMILES string of the molecule is O=C(C1CCCCCC1)N1CCc2ccccc2C1CCN1CCC(c2ccccc2)CC1. The van der Waals surface area contributed by atoms with E-state index < -0.39 is 0 Å². The minimum Gasteiger partial charge on any atom is -0.335 e. The lowest BCUT2D eigenvalue weighted by atomic mass is 9.87. The third kappa shape index (κ3) is 5.35. The molecule has 3 heteroatoms. The van der Waals surface area contributed by atoms with Crippen LogP contribution in [0.5, 0.6) is 0 Å². The van der Waals surface area contributed by atoms with E-state index in [9.17, 15) is 4.79 Å². The Hall–Kier alpha value is -2.13. The van der Waals surface area contributed by atoms with E-state index in [1.807, 2.05) is 0 Å². The van der Waals surface area contributed by atoms with Crippen LogP contribution < -0.4 is 0 Å². The van der Waals surface area contributed by atoms with E-state index in [4.69, 9.17) is 0 Å². The Morgan fingerprint density at radius 2 is 1.48 bits per heavy atom. The average molecular weight is 445 g/mol. The molecule has 0 spiro atoms. The third-order valence-corrected chi connectivity index (χ3v) is 8.48. The van der Waals surface area contributed by atoms with Crippen molar-refractivity contribution < 1.29 is 4.79 Å². The lowest BCUT2D eigenvalue weighted by molar-refractivity contribution is -0.139.